The number of nitrogens with zero attached hydrogens (tertiary/aromatic N) is 3. The Labute approximate surface area is 190 Å². The van der Waals surface area contributed by atoms with E-state index in [-0.39, 0.29) is 18.2 Å². The summed E-state index contributed by atoms with van der Waals surface area (Å²) in [6, 6.07) is 12.9. The maximum atomic E-state index is 12.4. The molecule has 164 valence electrons. The van der Waals surface area contributed by atoms with E-state index in [1.54, 1.807) is 43.3 Å². The van der Waals surface area contributed by atoms with Gasteiger partial charge in [0.05, 0.1) is 22.7 Å². The summed E-state index contributed by atoms with van der Waals surface area (Å²) < 4.78 is 5.48. The van der Waals surface area contributed by atoms with Crippen LogP contribution in [-0.4, -0.2) is 33.4 Å². The SMILES string of the molecule is CCOC(=O)c1ccc(Nc2ncnc(NNC(=O)c3ccccc3Br)c2[N+](=O)[O-])cc1. The molecule has 0 saturated carbocycles. The van der Waals surface area contributed by atoms with Crippen molar-refractivity contribution in [3.8, 4) is 0 Å². The van der Waals surface area contributed by atoms with Crippen molar-refractivity contribution in [3.63, 3.8) is 0 Å². The monoisotopic (exact) mass is 500 g/mol. The third-order valence-corrected chi connectivity index (χ3v) is 4.77. The summed E-state index contributed by atoms with van der Waals surface area (Å²) in [4.78, 5) is 42.9. The first-order valence-electron chi connectivity index (χ1n) is 9.25. The smallest absolute Gasteiger partial charge is 0.355 e. The van der Waals surface area contributed by atoms with Crippen LogP contribution in [0.4, 0.5) is 23.0 Å². The zero-order valence-electron chi connectivity index (χ0n) is 16.7. The van der Waals surface area contributed by atoms with Crippen molar-refractivity contribution in [2.24, 2.45) is 0 Å². The molecule has 2 aromatic carbocycles. The van der Waals surface area contributed by atoms with Crippen molar-refractivity contribution >= 4 is 50.8 Å². The van der Waals surface area contributed by atoms with Crippen LogP contribution in [0.25, 0.3) is 0 Å². The molecule has 3 aromatic rings. The van der Waals surface area contributed by atoms with Crippen LogP contribution in [0.2, 0.25) is 0 Å². The number of hydrogen-bond donors (Lipinski definition) is 3. The fraction of sp³-hybridized carbons (Fsp3) is 0.100. The lowest BCUT2D eigenvalue weighted by Crippen LogP contribution is -2.30. The first-order chi connectivity index (χ1) is 15.4. The van der Waals surface area contributed by atoms with Gasteiger partial charge in [-0.15, -0.1) is 0 Å². The minimum absolute atomic E-state index is 0.105. The minimum Gasteiger partial charge on any atom is -0.462 e. The molecule has 0 atom stereocenters. The molecule has 0 aliphatic rings. The number of halogens is 1. The first-order valence-corrected chi connectivity index (χ1v) is 10.0. The molecule has 1 amide bonds. The van der Waals surface area contributed by atoms with Crippen molar-refractivity contribution in [1.82, 2.24) is 15.4 Å². The van der Waals surface area contributed by atoms with E-state index in [1.807, 2.05) is 0 Å². The number of amides is 1. The van der Waals surface area contributed by atoms with E-state index in [0.717, 1.165) is 6.33 Å². The second-order valence-corrected chi connectivity index (χ2v) is 7.01. The van der Waals surface area contributed by atoms with Crippen molar-refractivity contribution in [2.45, 2.75) is 6.92 Å². The Balaban J connectivity index is 1.79. The molecule has 3 N–H and O–H groups in total. The normalized spacial score (nSPS) is 10.2. The zero-order valence-corrected chi connectivity index (χ0v) is 18.3. The van der Waals surface area contributed by atoms with Crippen LogP contribution < -0.4 is 16.2 Å². The highest BCUT2D eigenvalue weighted by atomic mass is 79.9. The summed E-state index contributed by atoms with van der Waals surface area (Å²) in [5.74, 6) is -1.31. The molecule has 0 unspecified atom stereocenters. The van der Waals surface area contributed by atoms with Crippen LogP contribution in [0, 0.1) is 10.1 Å². The number of esters is 1. The molecule has 0 fully saturated rings. The number of benzene rings is 2. The number of ether oxygens (including phenoxy) is 1. The van der Waals surface area contributed by atoms with Gasteiger partial charge < -0.3 is 10.1 Å². The Morgan fingerprint density at radius 2 is 1.78 bits per heavy atom. The molecule has 0 saturated heterocycles. The Morgan fingerprint density at radius 3 is 2.44 bits per heavy atom. The van der Waals surface area contributed by atoms with Gasteiger partial charge in [-0.1, -0.05) is 12.1 Å². The number of nitro groups is 1. The summed E-state index contributed by atoms with van der Waals surface area (Å²) in [5, 5.41) is 14.5. The van der Waals surface area contributed by atoms with Crippen molar-refractivity contribution < 1.29 is 19.2 Å². The highest BCUT2D eigenvalue weighted by molar-refractivity contribution is 9.10. The molecular formula is C20H17BrN6O5. The van der Waals surface area contributed by atoms with Gasteiger partial charge in [0.1, 0.15) is 6.33 Å². The maximum absolute atomic E-state index is 12.4. The second-order valence-electron chi connectivity index (χ2n) is 6.16. The molecule has 0 aliphatic carbocycles. The third-order valence-electron chi connectivity index (χ3n) is 4.08. The molecule has 0 aliphatic heterocycles. The van der Waals surface area contributed by atoms with Gasteiger partial charge in [0.2, 0.25) is 11.6 Å². The largest absolute Gasteiger partial charge is 0.462 e. The summed E-state index contributed by atoms with van der Waals surface area (Å²) >= 11 is 3.27. The van der Waals surface area contributed by atoms with E-state index in [9.17, 15) is 19.7 Å². The lowest BCUT2D eigenvalue weighted by molar-refractivity contribution is -0.383. The number of aromatic nitrogens is 2. The van der Waals surface area contributed by atoms with Gasteiger partial charge in [-0.25, -0.2) is 14.8 Å². The van der Waals surface area contributed by atoms with Crippen LogP contribution in [0.15, 0.2) is 59.3 Å². The van der Waals surface area contributed by atoms with Crippen molar-refractivity contribution in [1.29, 1.82) is 0 Å². The molecule has 1 heterocycles. The lowest BCUT2D eigenvalue weighted by Gasteiger charge is -2.11. The van der Waals surface area contributed by atoms with Crippen LogP contribution in [0.3, 0.4) is 0 Å². The van der Waals surface area contributed by atoms with Gasteiger partial charge in [0.25, 0.3) is 5.91 Å². The first kappa shape index (κ1) is 22.6. The van der Waals surface area contributed by atoms with Gasteiger partial charge in [0.15, 0.2) is 0 Å². The van der Waals surface area contributed by atoms with E-state index in [4.69, 9.17) is 4.74 Å². The highest BCUT2D eigenvalue weighted by Gasteiger charge is 2.24. The van der Waals surface area contributed by atoms with Crippen LogP contribution >= 0.6 is 15.9 Å². The standard InChI is InChI=1S/C20H17BrN6O5/c1-2-32-20(29)12-7-9-13(10-8-12)24-17-16(27(30)31)18(23-11-22-17)25-26-19(28)14-5-3-4-6-15(14)21/h3-11H,2H2,1H3,(H,26,28)(H2,22,23,24,25). The Kier molecular flexibility index (Phi) is 7.29. The number of nitrogens with one attached hydrogen (secondary N) is 3. The van der Waals surface area contributed by atoms with Crippen molar-refractivity contribution in [3.05, 3.63) is 80.6 Å². The summed E-state index contributed by atoms with van der Waals surface area (Å²) in [7, 11) is 0. The quantitative estimate of drug-likeness (QED) is 0.238. The molecule has 32 heavy (non-hydrogen) atoms. The molecule has 12 heteroatoms. The average Bonchev–Trinajstić information content (AvgIpc) is 2.78. The predicted molar refractivity (Wildman–Crippen MR) is 120 cm³/mol. The highest BCUT2D eigenvalue weighted by Crippen LogP contribution is 2.31. The fourth-order valence-corrected chi connectivity index (χ4v) is 3.07. The molecule has 0 radical (unpaired) electrons. The lowest BCUT2D eigenvalue weighted by atomic mass is 10.2. The van der Waals surface area contributed by atoms with E-state index in [1.165, 1.54) is 12.1 Å². The van der Waals surface area contributed by atoms with Gasteiger partial charge in [-0.3, -0.25) is 25.8 Å². The number of hydrazine groups is 1. The van der Waals surface area contributed by atoms with E-state index in [0.29, 0.717) is 21.3 Å². The number of carbonyl (C=O) groups excluding carboxylic acids is 2. The summed E-state index contributed by atoms with van der Waals surface area (Å²) in [6.07, 6.45) is 1.11. The van der Waals surface area contributed by atoms with Gasteiger partial charge >= 0.3 is 11.7 Å². The maximum Gasteiger partial charge on any atom is 0.355 e. The Morgan fingerprint density at radius 1 is 1.09 bits per heavy atom. The van der Waals surface area contributed by atoms with Gasteiger partial charge in [-0.2, -0.15) is 0 Å². The molecule has 0 bridgehead atoms. The minimum atomic E-state index is -0.678. The number of hydrogen-bond acceptors (Lipinski definition) is 9. The molecular weight excluding hydrogens is 484 g/mol. The number of carbonyl (C=O) groups is 2. The predicted octanol–water partition coefficient (Wildman–Crippen LogP) is 3.82. The number of anilines is 3. The van der Waals surface area contributed by atoms with Crippen LogP contribution in [0.1, 0.15) is 27.6 Å². The van der Waals surface area contributed by atoms with Crippen LogP contribution in [-0.2, 0) is 4.74 Å². The topological polar surface area (TPSA) is 148 Å². The molecule has 11 nitrogen and oxygen atoms in total. The van der Waals surface area contributed by atoms with Crippen LogP contribution in [0.5, 0.6) is 0 Å². The zero-order chi connectivity index (χ0) is 23.1. The Hall–Kier alpha value is -4.06. The van der Waals surface area contributed by atoms with Crippen molar-refractivity contribution in [2.75, 3.05) is 17.3 Å². The summed E-state index contributed by atoms with van der Waals surface area (Å²) in [6.45, 7) is 1.95. The number of rotatable bonds is 8. The van der Waals surface area contributed by atoms with Gasteiger partial charge in [0, 0.05) is 10.2 Å². The van der Waals surface area contributed by atoms with E-state index in [2.05, 4.69) is 42.1 Å². The van der Waals surface area contributed by atoms with E-state index < -0.39 is 22.5 Å². The second kappa shape index (κ2) is 10.3. The average molecular weight is 501 g/mol. The fourth-order valence-electron chi connectivity index (χ4n) is 2.60. The van der Waals surface area contributed by atoms with Gasteiger partial charge in [-0.05, 0) is 59.3 Å². The molecule has 1 aromatic heterocycles. The van der Waals surface area contributed by atoms with E-state index >= 15 is 0 Å². The molecule has 3 rings (SSSR count). The Bertz CT molecular complexity index is 1160. The third kappa shape index (κ3) is 5.35. The summed E-state index contributed by atoms with van der Waals surface area (Å²) in [5.41, 5.74) is 5.49. The molecule has 0 spiro atoms.